The van der Waals surface area contributed by atoms with Gasteiger partial charge in [0.1, 0.15) is 4.32 Å². The Balaban J connectivity index is 0. The summed E-state index contributed by atoms with van der Waals surface area (Å²) >= 11 is 6.32. The van der Waals surface area contributed by atoms with Gasteiger partial charge in [-0.1, -0.05) is 38.8 Å². The summed E-state index contributed by atoms with van der Waals surface area (Å²) in [5.41, 5.74) is -0.583. The molecule has 6 heteroatoms. The molecule has 0 aliphatic rings. The number of halogens is 2. The summed E-state index contributed by atoms with van der Waals surface area (Å²) in [7, 11) is 0. The molecular weight excluding hydrogens is 368 g/mol. The average molecular weight is 390 g/mol. The van der Waals surface area contributed by atoms with Gasteiger partial charge in [-0.05, 0) is 34.1 Å². The summed E-state index contributed by atoms with van der Waals surface area (Å²) in [6.07, 6.45) is 0.660. The van der Waals surface area contributed by atoms with Gasteiger partial charge in [-0.2, -0.15) is 0 Å². The van der Waals surface area contributed by atoms with Gasteiger partial charge in [0.05, 0.1) is 12.0 Å². The summed E-state index contributed by atoms with van der Waals surface area (Å²) in [5, 5.41) is 9.12. The van der Waals surface area contributed by atoms with E-state index >= 15 is 0 Å². The zero-order valence-corrected chi connectivity index (χ0v) is 14.7. The molecule has 0 aromatic rings. The molecule has 0 spiro atoms. The van der Waals surface area contributed by atoms with Crippen LogP contribution in [0.3, 0.4) is 0 Å². The molecule has 0 aliphatic carbocycles. The van der Waals surface area contributed by atoms with E-state index in [9.17, 15) is 9.59 Å². The minimum Gasteiger partial charge on any atom is -0.481 e. The molecule has 0 aliphatic heterocycles. The Bertz CT molecular complexity index is 268. The van der Waals surface area contributed by atoms with E-state index in [0.29, 0.717) is 18.4 Å². The number of carbonyl (C=O) groups is 2. The van der Waals surface area contributed by atoms with Gasteiger partial charge in [-0.25, -0.2) is 0 Å². The number of rotatable bonds is 5. The third-order valence-corrected chi connectivity index (χ3v) is 3.91. The maximum Gasteiger partial charge on any atom is 0.322 e. The van der Waals surface area contributed by atoms with Crippen molar-refractivity contribution >= 4 is 43.8 Å². The monoisotopic (exact) mass is 388 g/mol. The molecule has 1 unspecified atom stereocenters. The van der Waals surface area contributed by atoms with E-state index in [1.165, 1.54) is 0 Å². The second-order valence-corrected chi connectivity index (χ2v) is 7.09. The van der Waals surface area contributed by atoms with Crippen molar-refractivity contribution < 1.29 is 19.4 Å². The molecule has 0 heterocycles. The van der Waals surface area contributed by atoms with Gasteiger partial charge < -0.3 is 9.84 Å². The zero-order valence-electron chi connectivity index (χ0n) is 11.5. The smallest absolute Gasteiger partial charge is 0.322 e. The van der Waals surface area contributed by atoms with Crippen LogP contribution >= 0.6 is 31.9 Å². The van der Waals surface area contributed by atoms with E-state index < -0.39 is 15.7 Å². The van der Waals surface area contributed by atoms with E-state index in [1.54, 1.807) is 27.7 Å². The number of alkyl halides is 2. The van der Waals surface area contributed by atoms with Crippen LogP contribution in [0.15, 0.2) is 0 Å². The Kier molecular flexibility index (Phi) is 10.0. The van der Waals surface area contributed by atoms with Gasteiger partial charge >= 0.3 is 11.9 Å². The number of carboxylic acid groups (broad SMARTS) is 1. The van der Waals surface area contributed by atoms with Gasteiger partial charge in [0.15, 0.2) is 0 Å². The fraction of sp³-hybridized carbons (Fsp3) is 0.833. The standard InChI is InChI=1S/2C6H11BrO2/c1-4-9-5(8)6(2,3)7;1-3-6(2,4-7)5(8)9/h4H2,1-3H3;3-4H2,1-2H3,(H,8,9). The second-order valence-electron chi connectivity index (χ2n) is 4.55. The first-order valence-electron chi connectivity index (χ1n) is 5.70. The van der Waals surface area contributed by atoms with Gasteiger partial charge in [0.2, 0.25) is 0 Å². The summed E-state index contributed by atoms with van der Waals surface area (Å²) < 4.78 is 4.18. The number of carbonyl (C=O) groups excluding carboxylic acids is 1. The van der Waals surface area contributed by atoms with E-state index in [0.717, 1.165) is 0 Å². The fourth-order valence-electron chi connectivity index (χ4n) is 0.606. The number of esters is 1. The molecule has 1 atom stereocenters. The fourth-order valence-corrected chi connectivity index (χ4v) is 1.36. The zero-order chi connectivity index (χ0) is 15.0. The van der Waals surface area contributed by atoms with E-state index in [-0.39, 0.29) is 5.97 Å². The quantitative estimate of drug-likeness (QED) is 0.576. The predicted molar refractivity (Wildman–Crippen MR) is 79.5 cm³/mol. The molecule has 0 rings (SSSR count). The highest BCUT2D eigenvalue weighted by atomic mass is 79.9. The van der Waals surface area contributed by atoms with Gasteiger partial charge in [-0.3, -0.25) is 9.59 Å². The maximum absolute atomic E-state index is 10.8. The molecule has 0 fully saturated rings. The molecular formula is C12H22Br2O4. The van der Waals surface area contributed by atoms with Crippen LogP contribution < -0.4 is 0 Å². The first kappa shape index (κ1) is 20.2. The maximum atomic E-state index is 10.8. The Morgan fingerprint density at radius 1 is 1.22 bits per heavy atom. The summed E-state index contributed by atoms with van der Waals surface area (Å²) in [4.78, 5) is 21.2. The third-order valence-electron chi connectivity index (χ3n) is 2.35. The van der Waals surface area contributed by atoms with E-state index in [2.05, 4.69) is 31.9 Å². The minimum atomic E-state index is -0.734. The van der Waals surface area contributed by atoms with Crippen LogP contribution in [0.5, 0.6) is 0 Å². The van der Waals surface area contributed by atoms with Crippen LogP contribution in [0, 0.1) is 5.41 Å². The van der Waals surface area contributed by atoms with Gasteiger partial charge in [0.25, 0.3) is 0 Å². The Morgan fingerprint density at radius 3 is 1.72 bits per heavy atom. The van der Waals surface area contributed by atoms with Crippen molar-refractivity contribution in [1.29, 1.82) is 0 Å². The lowest BCUT2D eigenvalue weighted by Crippen LogP contribution is -2.27. The highest BCUT2D eigenvalue weighted by molar-refractivity contribution is 9.10. The summed E-state index contributed by atoms with van der Waals surface area (Å²) in [6, 6.07) is 0. The summed E-state index contributed by atoms with van der Waals surface area (Å²) in [5.74, 6) is -0.952. The van der Waals surface area contributed by atoms with Crippen molar-refractivity contribution in [3.05, 3.63) is 0 Å². The van der Waals surface area contributed by atoms with Gasteiger partial charge in [0, 0.05) is 5.33 Å². The Hall–Kier alpha value is -0.100. The van der Waals surface area contributed by atoms with Crippen molar-refractivity contribution in [3.63, 3.8) is 0 Å². The lowest BCUT2D eigenvalue weighted by molar-refractivity contribution is -0.147. The van der Waals surface area contributed by atoms with Crippen LogP contribution in [0.4, 0.5) is 0 Å². The molecule has 108 valence electrons. The lowest BCUT2D eigenvalue weighted by atomic mass is 9.91. The summed E-state index contributed by atoms with van der Waals surface area (Å²) in [6.45, 7) is 9.33. The Morgan fingerprint density at radius 2 is 1.67 bits per heavy atom. The molecule has 0 saturated carbocycles. The number of carboxylic acids is 1. The first-order chi connectivity index (χ1) is 8.05. The van der Waals surface area contributed by atoms with Crippen molar-refractivity contribution in [2.75, 3.05) is 11.9 Å². The van der Waals surface area contributed by atoms with Crippen LogP contribution in [0.25, 0.3) is 0 Å². The van der Waals surface area contributed by atoms with E-state index in [4.69, 9.17) is 9.84 Å². The van der Waals surface area contributed by atoms with Crippen molar-refractivity contribution in [1.82, 2.24) is 0 Å². The molecule has 1 N–H and O–H groups in total. The topological polar surface area (TPSA) is 63.6 Å². The molecule has 4 nitrogen and oxygen atoms in total. The van der Waals surface area contributed by atoms with Crippen molar-refractivity contribution in [2.24, 2.45) is 5.41 Å². The largest absolute Gasteiger partial charge is 0.481 e. The van der Waals surface area contributed by atoms with Crippen LogP contribution in [-0.4, -0.2) is 33.3 Å². The van der Waals surface area contributed by atoms with Crippen molar-refractivity contribution in [3.8, 4) is 0 Å². The highest BCUT2D eigenvalue weighted by Gasteiger charge is 2.29. The number of aliphatic carboxylic acids is 1. The highest BCUT2D eigenvalue weighted by Crippen LogP contribution is 2.23. The molecule has 0 bridgehead atoms. The molecule has 18 heavy (non-hydrogen) atoms. The normalized spacial score (nSPS) is 13.9. The SMILES string of the molecule is CCC(C)(CBr)C(=O)O.CCOC(=O)C(C)(C)Br. The lowest BCUT2D eigenvalue weighted by Gasteiger charge is -2.18. The number of ether oxygens (including phenoxy) is 1. The molecule has 0 radical (unpaired) electrons. The van der Waals surface area contributed by atoms with Gasteiger partial charge in [-0.15, -0.1) is 0 Å². The van der Waals surface area contributed by atoms with Crippen molar-refractivity contribution in [2.45, 2.75) is 45.4 Å². The van der Waals surface area contributed by atoms with Crippen LogP contribution in [0.2, 0.25) is 0 Å². The molecule has 0 saturated heterocycles. The number of hydrogen-bond donors (Lipinski definition) is 1. The Labute approximate surface area is 126 Å². The van der Waals surface area contributed by atoms with Crippen LogP contribution in [-0.2, 0) is 14.3 Å². The minimum absolute atomic E-state index is 0.218. The second kappa shape index (κ2) is 8.91. The average Bonchev–Trinajstić information content (AvgIpc) is 2.27. The van der Waals surface area contributed by atoms with E-state index in [1.807, 2.05) is 6.92 Å². The first-order valence-corrected chi connectivity index (χ1v) is 7.62. The van der Waals surface area contributed by atoms with Crippen LogP contribution in [0.1, 0.15) is 41.0 Å². The predicted octanol–water partition coefficient (Wildman–Crippen LogP) is 3.61. The third kappa shape index (κ3) is 8.08. The molecule has 0 aromatic carbocycles. The molecule has 0 aromatic heterocycles. The molecule has 0 amide bonds. The number of hydrogen-bond acceptors (Lipinski definition) is 3.